The van der Waals surface area contributed by atoms with Crippen LogP contribution in [0.4, 0.5) is 5.82 Å². The van der Waals surface area contributed by atoms with E-state index in [1.165, 1.54) is 5.56 Å². The molecule has 5 nitrogen and oxygen atoms in total. The van der Waals surface area contributed by atoms with Gasteiger partial charge in [-0.15, -0.1) is 0 Å². The van der Waals surface area contributed by atoms with E-state index in [9.17, 15) is 0 Å². The summed E-state index contributed by atoms with van der Waals surface area (Å²) < 4.78 is 1.92. The Hall–Kier alpha value is -2.69. The molecule has 0 spiro atoms. The molecule has 0 fully saturated rings. The summed E-state index contributed by atoms with van der Waals surface area (Å²) in [6.45, 7) is 2.94. The highest BCUT2D eigenvalue weighted by atomic mass is 15.3. The molecule has 0 radical (unpaired) electrons. The Morgan fingerprint density at radius 1 is 1.19 bits per heavy atom. The SMILES string of the molecule is Cc1cc(-n2ccc(-c3ccccn3)n2)c2c(n1)NCC2. The zero-order valence-corrected chi connectivity index (χ0v) is 11.7. The third kappa shape index (κ3) is 2.07. The molecule has 0 bridgehead atoms. The molecule has 1 N–H and O–H groups in total. The lowest BCUT2D eigenvalue weighted by Crippen LogP contribution is -2.02. The van der Waals surface area contributed by atoms with Crippen LogP contribution in [0.2, 0.25) is 0 Å². The molecule has 3 aromatic rings. The molecule has 0 unspecified atom stereocenters. The van der Waals surface area contributed by atoms with Crippen LogP contribution in [0.15, 0.2) is 42.7 Å². The van der Waals surface area contributed by atoms with E-state index in [4.69, 9.17) is 0 Å². The van der Waals surface area contributed by atoms with Gasteiger partial charge in [-0.1, -0.05) is 6.07 Å². The predicted molar refractivity (Wildman–Crippen MR) is 81.5 cm³/mol. The number of aromatic nitrogens is 4. The number of aryl methyl sites for hydroxylation is 1. The second-order valence-corrected chi connectivity index (χ2v) is 5.15. The monoisotopic (exact) mass is 277 g/mol. The predicted octanol–water partition coefficient (Wildman–Crippen LogP) is 2.61. The molecule has 104 valence electrons. The minimum Gasteiger partial charge on any atom is -0.369 e. The molecule has 0 atom stereocenters. The van der Waals surface area contributed by atoms with Crippen LogP contribution in [0, 0.1) is 6.92 Å². The van der Waals surface area contributed by atoms with Gasteiger partial charge in [-0.25, -0.2) is 9.67 Å². The van der Waals surface area contributed by atoms with Crippen LogP contribution in [0.25, 0.3) is 17.1 Å². The zero-order valence-electron chi connectivity index (χ0n) is 11.7. The van der Waals surface area contributed by atoms with Crippen LogP contribution in [0.1, 0.15) is 11.3 Å². The summed E-state index contributed by atoms with van der Waals surface area (Å²) in [5, 5.41) is 7.99. The summed E-state index contributed by atoms with van der Waals surface area (Å²) >= 11 is 0. The fourth-order valence-corrected chi connectivity index (χ4v) is 2.69. The van der Waals surface area contributed by atoms with Gasteiger partial charge in [0.2, 0.25) is 0 Å². The van der Waals surface area contributed by atoms with Crippen molar-refractivity contribution < 1.29 is 0 Å². The van der Waals surface area contributed by atoms with Gasteiger partial charge in [0, 0.05) is 30.2 Å². The van der Waals surface area contributed by atoms with Crippen molar-refractivity contribution in [3.8, 4) is 17.1 Å². The summed E-state index contributed by atoms with van der Waals surface area (Å²) in [5.74, 6) is 0.986. The maximum absolute atomic E-state index is 4.67. The number of pyridine rings is 2. The fourth-order valence-electron chi connectivity index (χ4n) is 2.69. The summed E-state index contributed by atoms with van der Waals surface area (Å²) in [7, 11) is 0. The van der Waals surface area contributed by atoms with E-state index in [1.807, 2.05) is 42.1 Å². The van der Waals surface area contributed by atoms with Crippen molar-refractivity contribution in [1.29, 1.82) is 0 Å². The molecule has 1 aliphatic rings. The topological polar surface area (TPSA) is 55.6 Å². The maximum Gasteiger partial charge on any atom is 0.131 e. The molecule has 0 saturated heterocycles. The number of anilines is 1. The van der Waals surface area contributed by atoms with Crippen molar-refractivity contribution >= 4 is 5.82 Å². The average molecular weight is 277 g/mol. The first kappa shape index (κ1) is 12.1. The highest BCUT2D eigenvalue weighted by Crippen LogP contribution is 2.27. The molecule has 3 aromatic heterocycles. The van der Waals surface area contributed by atoms with E-state index >= 15 is 0 Å². The average Bonchev–Trinajstić information content (AvgIpc) is 3.16. The number of fused-ring (bicyclic) bond motifs is 1. The lowest BCUT2D eigenvalue weighted by molar-refractivity contribution is 0.863. The minimum atomic E-state index is 0.879. The third-order valence-electron chi connectivity index (χ3n) is 3.66. The third-order valence-corrected chi connectivity index (χ3v) is 3.66. The van der Waals surface area contributed by atoms with Crippen molar-refractivity contribution in [3.05, 3.63) is 54.0 Å². The smallest absolute Gasteiger partial charge is 0.131 e. The molecule has 4 rings (SSSR count). The van der Waals surface area contributed by atoms with E-state index < -0.39 is 0 Å². The lowest BCUT2D eigenvalue weighted by atomic mass is 10.1. The quantitative estimate of drug-likeness (QED) is 0.782. The minimum absolute atomic E-state index is 0.879. The second-order valence-electron chi connectivity index (χ2n) is 5.15. The Balaban J connectivity index is 1.81. The number of hydrogen-bond donors (Lipinski definition) is 1. The molecule has 5 heteroatoms. The zero-order chi connectivity index (χ0) is 14.2. The highest BCUT2D eigenvalue weighted by molar-refractivity contribution is 5.61. The first-order valence-electron chi connectivity index (χ1n) is 7.03. The van der Waals surface area contributed by atoms with Gasteiger partial charge in [0.15, 0.2) is 0 Å². The van der Waals surface area contributed by atoms with Crippen LogP contribution in [0.5, 0.6) is 0 Å². The molecule has 0 aliphatic carbocycles. The first-order valence-corrected chi connectivity index (χ1v) is 7.03. The lowest BCUT2D eigenvalue weighted by Gasteiger charge is -2.08. The van der Waals surface area contributed by atoms with Crippen molar-refractivity contribution in [2.75, 3.05) is 11.9 Å². The number of hydrogen-bond acceptors (Lipinski definition) is 4. The van der Waals surface area contributed by atoms with E-state index in [0.717, 1.165) is 41.6 Å². The molecule has 0 aromatic carbocycles. The van der Waals surface area contributed by atoms with E-state index in [1.54, 1.807) is 6.20 Å². The van der Waals surface area contributed by atoms with Gasteiger partial charge >= 0.3 is 0 Å². The Morgan fingerprint density at radius 3 is 3.00 bits per heavy atom. The largest absolute Gasteiger partial charge is 0.369 e. The van der Waals surface area contributed by atoms with Gasteiger partial charge < -0.3 is 5.32 Å². The summed E-state index contributed by atoms with van der Waals surface area (Å²) in [6, 6.07) is 9.93. The summed E-state index contributed by atoms with van der Waals surface area (Å²) in [4.78, 5) is 8.89. The van der Waals surface area contributed by atoms with Crippen LogP contribution in [0.3, 0.4) is 0 Å². The van der Waals surface area contributed by atoms with Gasteiger partial charge in [-0.2, -0.15) is 5.10 Å². The van der Waals surface area contributed by atoms with Gasteiger partial charge in [0.05, 0.1) is 11.4 Å². The molecule has 1 aliphatic heterocycles. The van der Waals surface area contributed by atoms with Crippen molar-refractivity contribution in [1.82, 2.24) is 19.7 Å². The molecule has 0 amide bonds. The normalized spacial score (nSPS) is 13.0. The van der Waals surface area contributed by atoms with Gasteiger partial charge in [0.1, 0.15) is 11.5 Å². The van der Waals surface area contributed by atoms with Crippen LogP contribution in [-0.4, -0.2) is 26.3 Å². The van der Waals surface area contributed by atoms with E-state index in [0.29, 0.717) is 0 Å². The standard InChI is InChI=1S/C16H15N5/c1-11-10-15(12-5-8-18-16(12)19-11)21-9-6-14(20-21)13-4-2-3-7-17-13/h2-4,6-7,9-10H,5,8H2,1H3,(H,18,19). The van der Waals surface area contributed by atoms with Crippen molar-refractivity contribution in [3.63, 3.8) is 0 Å². The molecular formula is C16H15N5. The Morgan fingerprint density at radius 2 is 2.14 bits per heavy atom. The number of nitrogens with one attached hydrogen (secondary N) is 1. The summed E-state index contributed by atoms with van der Waals surface area (Å²) in [5.41, 5.74) is 5.09. The van der Waals surface area contributed by atoms with Gasteiger partial charge in [0.25, 0.3) is 0 Å². The second kappa shape index (κ2) is 4.70. The van der Waals surface area contributed by atoms with Crippen LogP contribution < -0.4 is 5.32 Å². The number of nitrogens with zero attached hydrogens (tertiary/aromatic N) is 4. The van der Waals surface area contributed by atoms with Crippen molar-refractivity contribution in [2.24, 2.45) is 0 Å². The van der Waals surface area contributed by atoms with Gasteiger partial charge in [-0.05, 0) is 37.6 Å². The van der Waals surface area contributed by atoms with Gasteiger partial charge in [-0.3, -0.25) is 4.98 Å². The molecule has 21 heavy (non-hydrogen) atoms. The molecule has 4 heterocycles. The van der Waals surface area contributed by atoms with E-state index in [2.05, 4.69) is 26.4 Å². The molecule has 0 saturated carbocycles. The first-order chi connectivity index (χ1) is 10.3. The molecular weight excluding hydrogens is 262 g/mol. The Bertz CT molecular complexity index is 792. The maximum atomic E-state index is 4.67. The number of rotatable bonds is 2. The van der Waals surface area contributed by atoms with Crippen LogP contribution in [-0.2, 0) is 6.42 Å². The van der Waals surface area contributed by atoms with Crippen molar-refractivity contribution in [2.45, 2.75) is 13.3 Å². The Labute approximate surface area is 122 Å². The highest BCUT2D eigenvalue weighted by Gasteiger charge is 2.18. The fraction of sp³-hybridized carbons (Fsp3) is 0.188. The Kier molecular flexibility index (Phi) is 2.70. The van der Waals surface area contributed by atoms with Crippen LogP contribution >= 0.6 is 0 Å². The summed E-state index contributed by atoms with van der Waals surface area (Å²) in [6.07, 6.45) is 4.75. The van der Waals surface area contributed by atoms with E-state index in [-0.39, 0.29) is 0 Å².